The van der Waals surface area contributed by atoms with E-state index in [2.05, 4.69) is 4.72 Å². The molecule has 2 N–H and O–H groups in total. The standard InChI is InChI=1S/C12H17NO6S/c1-18-9-5-3-6-10(19-2)12(9)20(16,17)13-8-4-7-11(14)15/h3,5-6,13H,4,7-8H2,1-2H3,(H,14,15). The molecule has 0 radical (unpaired) electrons. The van der Waals surface area contributed by atoms with Crippen molar-refractivity contribution < 1.29 is 27.8 Å². The summed E-state index contributed by atoms with van der Waals surface area (Å²) in [5.74, 6) is -0.649. The van der Waals surface area contributed by atoms with Gasteiger partial charge in [-0.1, -0.05) is 6.07 Å². The summed E-state index contributed by atoms with van der Waals surface area (Å²) in [6.07, 6.45) is 0.0948. The number of aliphatic carboxylic acids is 1. The van der Waals surface area contributed by atoms with Gasteiger partial charge in [0, 0.05) is 13.0 Å². The first kappa shape index (κ1) is 16.3. The lowest BCUT2D eigenvalue weighted by Gasteiger charge is -2.13. The van der Waals surface area contributed by atoms with Gasteiger partial charge in [0.2, 0.25) is 10.0 Å². The summed E-state index contributed by atoms with van der Waals surface area (Å²) in [4.78, 5) is 10.3. The van der Waals surface area contributed by atoms with Gasteiger partial charge in [-0.3, -0.25) is 4.79 Å². The summed E-state index contributed by atoms with van der Waals surface area (Å²) in [5, 5.41) is 8.51. The molecule has 0 aliphatic heterocycles. The number of carboxylic acid groups (broad SMARTS) is 1. The molecule has 0 bridgehead atoms. The molecular formula is C12H17NO6S. The maximum Gasteiger partial charge on any atom is 0.303 e. The SMILES string of the molecule is COc1cccc(OC)c1S(=O)(=O)NCCCC(=O)O. The Balaban J connectivity index is 2.94. The van der Waals surface area contributed by atoms with Gasteiger partial charge in [-0.25, -0.2) is 13.1 Å². The number of methoxy groups -OCH3 is 2. The average Bonchev–Trinajstić information content (AvgIpc) is 2.42. The third-order valence-corrected chi connectivity index (χ3v) is 4.03. The third kappa shape index (κ3) is 4.10. The molecule has 112 valence electrons. The van der Waals surface area contributed by atoms with E-state index in [9.17, 15) is 13.2 Å². The number of sulfonamides is 1. The monoisotopic (exact) mass is 303 g/mol. The van der Waals surface area contributed by atoms with Gasteiger partial charge in [0.05, 0.1) is 14.2 Å². The van der Waals surface area contributed by atoms with E-state index < -0.39 is 16.0 Å². The van der Waals surface area contributed by atoms with Crippen LogP contribution in [0, 0.1) is 0 Å². The van der Waals surface area contributed by atoms with Crippen molar-refractivity contribution in [3.8, 4) is 11.5 Å². The predicted octanol–water partition coefficient (Wildman–Crippen LogP) is 0.847. The number of hydrogen-bond donors (Lipinski definition) is 2. The van der Waals surface area contributed by atoms with Crippen LogP contribution < -0.4 is 14.2 Å². The molecule has 0 amide bonds. The highest BCUT2D eigenvalue weighted by atomic mass is 32.2. The number of ether oxygens (including phenoxy) is 2. The number of rotatable bonds is 8. The van der Waals surface area contributed by atoms with Crippen LogP contribution in [0.2, 0.25) is 0 Å². The Morgan fingerprint density at radius 3 is 2.25 bits per heavy atom. The van der Waals surface area contributed by atoms with E-state index >= 15 is 0 Å². The zero-order valence-corrected chi connectivity index (χ0v) is 12.1. The van der Waals surface area contributed by atoms with Gasteiger partial charge < -0.3 is 14.6 Å². The fourth-order valence-corrected chi connectivity index (χ4v) is 2.99. The third-order valence-electron chi connectivity index (χ3n) is 2.51. The Kier molecular flexibility index (Phi) is 5.78. The van der Waals surface area contributed by atoms with Crippen LogP contribution in [-0.2, 0) is 14.8 Å². The van der Waals surface area contributed by atoms with E-state index in [-0.39, 0.29) is 35.8 Å². The van der Waals surface area contributed by atoms with E-state index in [4.69, 9.17) is 14.6 Å². The van der Waals surface area contributed by atoms with E-state index in [1.165, 1.54) is 26.4 Å². The van der Waals surface area contributed by atoms with Gasteiger partial charge >= 0.3 is 5.97 Å². The first-order valence-corrected chi connectivity index (χ1v) is 7.33. The van der Waals surface area contributed by atoms with Crippen molar-refractivity contribution in [2.24, 2.45) is 0 Å². The molecule has 7 nitrogen and oxygen atoms in total. The average molecular weight is 303 g/mol. The van der Waals surface area contributed by atoms with Crippen molar-refractivity contribution in [1.29, 1.82) is 0 Å². The summed E-state index contributed by atoms with van der Waals surface area (Å²) in [5.41, 5.74) is 0. The number of carboxylic acids is 1. The fraction of sp³-hybridized carbons (Fsp3) is 0.417. The molecular weight excluding hydrogens is 286 g/mol. The topological polar surface area (TPSA) is 102 Å². The molecule has 0 aliphatic rings. The number of hydrogen-bond acceptors (Lipinski definition) is 5. The van der Waals surface area contributed by atoms with E-state index in [1.54, 1.807) is 6.07 Å². The molecule has 1 aromatic rings. The van der Waals surface area contributed by atoms with Gasteiger partial charge in [-0.2, -0.15) is 0 Å². The highest BCUT2D eigenvalue weighted by Crippen LogP contribution is 2.32. The van der Waals surface area contributed by atoms with Crippen LogP contribution in [0.1, 0.15) is 12.8 Å². The molecule has 1 aromatic carbocycles. The van der Waals surface area contributed by atoms with Gasteiger partial charge in [-0.15, -0.1) is 0 Å². The van der Waals surface area contributed by atoms with Crippen LogP contribution in [0.4, 0.5) is 0 Å². The van der Waals surface area contributed by atoms with E-state index in [0.29, 0.717) is 0 Å². The Labute approximate surface area is 117 Å². The summed E-state index contributed by atoms with van der Waals surface area (Å²) in [7, 11) is -1.12. The van der Waals surface area contributed by atoms with E-state index in [0.717, 1.165) is 0 Å². The molecule has 0 spiro atoms. The summed E-state index contributed by atoms with van der Waals surface area (Å²) >= 11 is 0. The lowest BCUT2D eigenvalue weighted by molar-refractivity contribution is -0.137. The minimum atomic E-state index is -3.84. The predicted molar refractivity (Wildman–Crippen MR) is 71.6 cm³/mol. The van der Waals surface area contributed by atoms with E-state index in [1.807, 2.05) is 0 Å². The Hall–Kier alpha value is -1.80. The molecule has 8 heteroatoms. The largest absolute Gasteiger partial charge is 0.495 e. The Morgan fingerprint density at radius 2 is 1.80 bits per heavy atom. The molecule has 0 unspecified atom stereocenters. The molecule has 0 saturated heterocycles. The summed E-state index contributed by atoms with van der Waals surface area (Å²) in [6.45, 7) is 0.0236. The number of carbonyl (C=O) groups is 1. The first-order chi connectivity index (χ1) is 9.42. The van der Waals surface area contributed by atoms with Crippen molar-refractivity contribution in [1.82, 2.24) is 4.72 Å². The molecule has 0 atom stereocenters. The lowest BCUT2D eigenvalue weighted by Crippen LogP contribution is -2.26. The molecule has 0 saturated carbocycles. The van der Waals surface area contributed by atoms with Crippen molar-refractivity contribution >= 4 is 16.0 Å². The highest BCUT2D eigenvalue weighted by Gasteiger charge is 2.24. The van der Waals surface area contributed by atoms with Crippen LogP contribution >= 0.6 is 0 Å². The molecule has 20 heavy (non-hydrogen) atoms. The summed E-state index contributed by atoms with van der Waals surface area (Å²) < 4.78 is 36.8. The number of nitrogens with one attached hydrogen (secondary N) is 1. The molecule has 0 aliphatic carbocycles. The van der Waals surface area contributed by atoms with Crippen molar-refractivity contribution in [3.05, 3.63) is 18.2 Å². The second-order valence-electron chi connectivity index (χ2n) is 3.89. The second-order valence-corrected chi connectivity index (χ2v) is 5.59. The van der Waals surface area contributed by atoms with Gasteiger partial charge in [-0.05, 0) is 18.6 Å². The zero-order chi connectivity index (χ0) is 15.2. The number of benzene rings is 1. The smallest absolute Gasteiger partial charge is 0.303 e. The maximum atomic E-state index is 12.2. The molecule has 1 rings (SSSR count). The Morgan fingerprint density at radius 1 is 1.25 bits per heavy atom. The minimum Gasteiger partial charge on any atom is -0.495 e. The van der Waals surface area contributed by atoms with Gasteiger partial charge in [0.25, 0.3) is 0 Å². The van der Waals surface area contributed by atoms with Gasteiger partial charge in [0.1, 0.15) is 11.5 Å². The van der Waals surface area contributed by atoms with Crippen LogP contribution in [0.15, 0.2) is 23.1 Å². The molecule has 0 heterocycles. The van der Waals surface area contributed by atoms with Crippen LogP contribution in [0.5, 0.6) is 11.5 Å². The van der Waals surface area contributed by atoms with Crippen LogP contribution in [-0.4, -0.2) is 40.3 Å². The van der Waals surface area contributed by atoms with Crippen molar-refractivity contribution in [2.75, 3.05) is 20.8 Å². The molecule has 0 fully saturated rings. The highest BCUT2D eigenvalue weighted by molar-refractivity contribution is 7.89. The zero-order valence-electron chi connectivity index (χ0n) is 11.3. The van der Waals surface area contributed by atoms with Crippen LogP contribution in [0.25, 0.3) is 0 Å². The second kappa shape index (κ2) is 7.11. The minimum absolute atomic E-state index is 0.0236. The Bertz CT molecular complexity index is 547. The quantitative estimate of drug-likeness (QED) is 0.690. The first-order valence-electron chi connectivity index (χ1n) is 5.85. The normalized spacial score (nSPS) is 11.1. The summed E-state index contributed by atoms with van der Waals surface area (Å²) in [6, 6.07) is 4.63. The van der Waals surface area contributed by atoms with Crippen molar-refractivity contribution in [2.45, 2.75) is 17.7 Å². The lowest BCUT2D eigenvalue weighted by atomic mass is 10.3. The fourth-order valence-electron chi connectivity index (χ4n) is 1.60. The molecule has 0 aromatic heterocycles. The van der Waals surface area contributed by atoms with Crippen molar-refractivity contribution in [3.63, 3.8) is 0 Å². The van der Waals surface area contributed by atoms with Gasteiger partial charge in [0.15, 0.2) is 4.90 Å². The van der Waals surface area contributed by atoms with Crippen LogP contribution in [0.3, 0.4) is 0 Å². The maximum absolute atomic E-state index is 12.2.